The Hall–Kier alpha value is -1.69. The molecule has 1 heterocycles. The summed E-state index contributed by atoms with van der Waals surface area (Å²) in [5.41, 5.74) is -1.08. The van der Waals surface area contributed by atoms with Gasteiger partial charge in [0, 0.05) is 0 Å². The van der Waals surface area contributed by atoms with Crippen molar-refractivity contribution in [2.75, 3.05) is 6.61 Å². The zero-order valence-electron chi connectivity index (χ0n) is 13.4. The highest BCUT2D eigenvalue weighted by molar-refractivity contribution is 5.70. The highest BCUT2D eigenvalue weighted by atomic mass is 19.2. The van der Waals surface area contributed by atoms with Crippen molar-refractivity contribution in [3.05, 3.63) is 35.4 Å². The molecule has 0 N–H and O–H groups in total. The summed E-state index contributed by atoms with van der Waals surface area (Å²) in [6.07, 6.45) is -0.551. The summed E-state index contributed by atoms with van der Waals surface area (Å²) in [6.45, 7) is 8.95. The maximum Gasteiger partial charge on any atom is 0.413 e. The number of nitrogens with zero attached hydrogens (tertiary/aromatic N) is 1. The van der Waals surface area contributed by atoms with Crippen LogP contribution in [0.1, 0.15) is 46.2 Å². The SMILES string of the molecule is CC(C)(C)OC(=O)N1C(c2ccc(F)c(F)c2)COC1(C)C. The Kier molecular flexibility index (Phi) is 4.17. The topological polar surface area (TPSA) is 38.8 Å². The number of rotatable bonds is 1. The number of hydrogen-bond donors (Lipinski definition) is 0. The minimum absolute atomic E-state index is 0.192. The van der Waals surface area contributed by atoms with Gasteiger partial charge in [-0.1, -0.05) is 6.07 Å². The molecule has 4 nitrogen and oxygen atoms in total. The second-order valence-corrected chi connectivity index (χ2v) is 6.80. The Balaban J connectivity index is 2.33. The fraction of sp³-hybridized carbons (Fsp3) is 0.562. The summed E-state index contributed by atoms with van der Waals surface area (Å²) in [7, 11) is 0. The standard InChI is InChI=1S/C16H21F2NO3/c1-15(2,3)22-14(20)19-13(9-21-16(19,4)5)10-6-7-11(17)12(18)8-10/h6-8,13H,9H2,1-5H3. The van der Waals surface area contributed by atoms with E-state index in [9.17, 15) is 13.6 Å². The first kappa shape index (κ1) is 16.7. The van der Waals surface area contributed by atoms with Crippen LogP contribution < -0.4 is 0 Å². The molecule has 1 saturated heterocycles. The molecular formula is C16H21F2NO3. The van der Waals surface area contributed by atoms with Gasteiger partial charge < -0.3 is 9.47 Å². The molecule has 1 amide bonds. The number of carbonyl (C=O) groups excluding carboxylic acids is 1. The van der Waals surface area contributed by atoms with Crippen molar-refractivity contribution in [3.8, 4) is 0 Å². The van der Waals surface area contributed by atoms with Gasteiger partial charge in [0.05, 0.1) is 12.6 Å². The maximum absolute atomic E-state index is 13.5. The molecule has 0 radical (unpaired) electrons. The lowest BCUT2D eigenvalue weighted by atomic mass is 10.1. The van der Waals surface area contributed by atoms with Crippen molar-refractivity contribution < 1.29 is 23.0 Å². The van der Waals surface area contributed by atoms with Crippen LogP contribution in [0.5, 0.6) is 0 Å². The molecule has 0 saturated carbocycles. The van der Waals surface area contributed by atoms with Gasteiger partial charge in [-0.05, 0) is 52.3 Å². The average molecular weight is 313 g/mol. The zero-order chi connectivity index (χ0) is 16.7. The summed E-state index contributed by atoms with van der Waals surface area (Å²) >= 11 is 0. The number of halogens is 2. The molecule has 1 unspecified atom stereocenters. The molecule has 0 aromatic heterocycles. The van der Waals surface area contributed by atoms with Crippen LogP contribution in [0.4, 0.5) is 13.6 Å². The molecule has 1 atom stereocenters. The Morgan fingerprint density at radius 3 is 2.50 bits per heavy atom. The lowest BCUT2D eigenvalue weighted by Gasteiger charge is -2.35. The van der Waals surface area contributed by atoms with E-state index >= 15 is 0 Å². The number of hydrogen-bond acceptors (Lipinski definition) is 3. The van der Waals surface area contributed by atoms with E-state index in [1.165, 1.54) is 11.0 Å². The molecule has 1 aliphatic rings. The first-order valence-corrected chi connectivity index (χ1v) is 7.12. The first-order valence-electron chi connectivity index (χ1n) is 7.12. The Labute approximate surface area is 129 Å². The highest BCUT2D eigenvalue weighted by Gasteiger charge is 2.46. The van der Waals surface area contributed by atoms with Crippen LogP contribution in [0.2, 0.25) is 0 Å². The Morgan fingerprint density at radius 1 is 1.32 bits per heavy atom. The van der Waals surface area contributed by atoms with E-state index in [4.69, 9.17) is 9.47 Å². The van der Waals surface area contributed by atoms with E-state index in [-0.39, 0.29) is 6.61 Å². The molecule has 1 aliphatic heterocycles. The van der Waals surface area contributed by atoms with Gasteiger partial charge in [0.2, 0.25) is 0 Å². The van der Waals surface area contributed by atoms with Crippen molar-refractivity contribution in [3.63, 3.8) is 0 Å². The van der Waals surface area contributed by atoms with Gasteiger partial charge in [0.25, 0.3) is 0 Å². The molecule has 1 aromatic rings. The summed E-state index contributed by atoms with van der Waals surface area (Å²) in [5, 5.41) is 0. The third-order valence-electron chi connectivity index (χ3n) is 3.40. The Bertz CT molecular complexity index is 581. The van der Waals surface area contributed by atoms with Crippen LogP contribution in [0.25, 0.3) is 0 Å². The first-order chi connectivity index (χ1) is 10.0. The van der Waals surface area contributed by atoms with Crippen LogP contribution in [0, 0.1) is 11.6 Å². The molecular weight excluding hydrogens is 292 g/mol. The average Bonchev–Trinajstić information content (AvgIpc) is 2.66. The van der Waals surface area contributed by atoms with E-state index in [1.807, 2.05) is 0 Å². The van der Waals surface area contributed by atoms with Gasteiger partial charge >= 0.3 is 6.09 Å². The van der Waals surface area contributed by atoms with Gasteiger partial charge in [-0.2, -0.15) is 0 Å². The van der Waals surface area contributed by atoms with Gasteiger partial charge in [0.1, 0.15) is 11.3 Å². The molecule has 0 bridgehead atoms. The molecule has 0 aliphatic carbocycles. The second-order valence-electron chi connectivity index (χ2n) is 6.80. The minimum Gasteiger partial charge on any atom is -0.444 e. The summed E-state index contributed by atoms with van der Waals surface area (Å²) in [5.74, 6) is -1.88. The largest absolute Gasteiger partial charge is 0.444 e. The van der Waals surface area contributed by atoms with Gasteiger partial charge in [-0.3, -0.25) is 4.90 Å². The van der Waals surface area contributed by atoms with E-state index in [1.54, 1.807) is 34.6 Å². The monoisotopic (exact) mass is 313 g/mol. The van der Waals surface area contributed by atoms with Gasteiger partial charge in [-0.25, -0.2) is 13.6 Å². The fourth-order valence-electron chi connectivity index (χ4n) is 2.43. The van der Waals surface area contributed by atoms with Crippen molar-refractivity contribution in [1.29, 1.82) is 0 Å². The number of carbonyl (C=O) groups is 1. The van der Waals surface area contributed by atoms with E-state index in [0.717, 1.165) is 12.1 Å². The summed E-state index contributed by atoms with van der Waals surface area (Å²) < 4.78 is 37.6. The summed E-state index contributed by atoms with van der Waals surface area (Å²) in [4.78, 5) is 13.9. The van der Waals surface area contributed by atoms with Crippen LogP contribution in [-0.2, 0) is 9.47 Å². The van der Waals surface area contributed by atoms with E-state index in [0.29, 0.717) is 5.56 Å². The van der Waals surface area contributed by atoms with Crippen molar-refractivity contribution in [1.82, 2.24) is 4.90 Å². The highest BCUT2D eigenvalue weighted by Crippen LogP contribution is 2.38. The molecule has 1 fully saturated rings. The van der Waals surface area contributed by atoms with Crippen LogP contribution in [0.15, 0.2) is 18.2 Å². The van der Waals surface area contributed by atoms with Gasteiger partial charge in [0.15, 0.2) is 11.6 Å². The molecule has 1 aromatic carbocycles. The van der Waals surface area contributed by atoms with Crippen LogP contribution in [-0.4, -0.2) is 28.9 Å². The molecule has 22 heavy (non-hydrogen) atoms. The van der Waals surface area contributed by atoms with E-state index in [2.05, 4.69) is 0 Å². The van der Waals surface area contributed by atoms with Crippen LogP contribution >= 0.6 is 0 Å². The van der Waals surface area contributed by atoms with Crippen molar-refractivity contribution in [2.45, 2.75) is 52.0 Å². The minimum atomic E-state index is -0.952. The number of benzene rings is 1. The molecule has 0 spiro atoms. The molecule has 2 rings (SSSR count). The molecule has 122 valence electrons. The molecule has 6 heteroatoms. The van der Waals surface area contributed by atoms with Crippen LogP contribution in [0.3, 0.4) is 0 Å². The summed E-state index contributed by atoms with van der Waals surface area (Å²) in [6, 6.07) is 3.05. The predicted octanol–water partition coefficient (Wildman–Crippen LogP) is 4.01. The smallest absolute Gasteiger partial charge is 0.413 e. The predicted molar refractivity (Wildman–Crippen MR) is 77.2 cm³/mol. The van der Waals surface area contributed by atoms with Gasteiger partial charge in [-0.15, -0.1) is 0 Å². The Morgan fingerprint density at radius 2 is 1.95 bits per heavy atom. The zero-order valence-corrected chi connectivity index (χ0v) is 13.4. The lowest BCUT2D eigenvalue weighted by Crippen LogP contribution is -2.47. The lowest BCUT2D eigenvalue weighted by molar-refractivity contribution is -0.0626. The van der Waals surface area contributed by atoms with Crippen molar-refractivity contribution >= 4 is 6.09 Å². The number of amides is 1. The third-order valence-corrected chi connectivity index (χ3v) is 3.40. The fourth-order valence-corrected chi connectivity index (χ4v) is 2.43. The van der Waals surface area contributed by atoms with E-state index < -0.39 is 35.1 Å². The third kappa shape index (κ3) is 3.38. The second kappa shape index (κ2) is 5.50. The quantitative estimate of drug-likeness (QED) is 0.786. The normalized spacial score (nSPS) is 21.0. The van der Waals surface area contributed by atoms with Crippen molar-refractivity contribution in [2.24, 2.45) is 0 Å². The number of ether oxygens (including phenoxy) is 2. The maximum atomic E-state index is 13.5.